The van der Waals surface area contributed by atoms with Crippen LogP contribution in [0.2, 0.25) is 0 Å². The molecule has 0 fully saturated rings. The third-order valence-corrected chi connectivity index (χ3v) is 13.3. The highest BCUT2D eigenvalue weighted by Crippen LogP contribution is 2.54. The molecule has 298 valence electrons. The number of furan rings is 1. The van der Waals surface area contributed by atoms with Crippen molar-refractivity contribution in [2.24, 2.45) is 0 Å². The number of nitrogens with zero attached hydrogens (tertiary/aromatic N) is 1. The van der Waals surface area contributed by atoms with Crippen molar-refractivity contribution in [3.05, 3.63) is 236 Å². The van der Waals surface area contributed by atoms with Crippen LogP contribution in [0.1, 0.15) is 25.0 Å². The van der Waals surface area contributed by atoms with Crippen LogP contribution in [0.25, 0.3) is 88.3 Å². The maximum absolute atomic E-state index is 6.46. The van der Waals surface area contributed by atoms with Gasteiger partial charge in [0.05, 0.1) is 11.4 Å². The lowest BCUT2D eigenvalue weighted by molar-refractivity contribution is 0.660. The minimum atomic E-state index is -0.115. The molecule has 11 aromatic rings. The van der Waals surface area contributed by atoms with Crippen molar-refractivity contribution < 1.29 is 4.42 Å². The number of fused-ring (bicyclic) bond motifs is 7. The molecule has 10 aromatic carbocycles. The number of anilines is 3. The van der Waals surface area contributed by atoms with Crippen molar-refractivity contribution in [1.82, 2.24) is 0 Å². The van der Waals surface area contributed by atoms with Crippen molar-refractivity contribution in [2.45, 2.75) is 19.3 Å². The number of hydrogen-bond donors (Lipinski definition) is 0. The van der Waals surface area contributed by atoms with Crippen LogP contribution in [0, 0.1) is 0 Å². The van der Waals surface area contributed by atoms with Gasteiger partial charge in [0.2, 0.25) is 0 Å². The van der Waals surface area contributed by atoms with Gasteiger partial charge in [-0.1, -0.05) is 196 Å². The summed E-state index contributed by atoms with van der Waals surface area (Å²) in [5.41, 5.74) is 19.7. The Labute approximate surface area is 368 Å². The first-order valence-corrected chi connectivity index (χ1v) is 21.8. The zero-order valence-electron chi connectivity index (χ0n) is 35.2. The summed E-state index contributed by atoms with van der Waals surface area (Å²) in [4.78, 5) is 2.46. The molecule has 0 radical (unpaired) electrons. The largest absolute Gasteiger partial charge is 0.456 e. The van der Waals surface area contributed by atoms with Gasteiger partial charge in [0.25, 0.3) is 0 Å². The summed E-state index contributed by atoms with van der Waals surface area (Å²) < 4.78 is 6.46. The van der Waals surface area contributed by atoms with Gasteiger partial charge >= 0.3 is 0 Å². The van der Waals surface area contributed by atoms with Crippen LogP contribution in [0.4, 0.5) is 17.1 Å². The van der Waals surface area contributed by atoms with Crippen LogP contribution in [-0.2, 0) is 5.41 Å². The van der Waals surface area contributed by atoms with Gasteiger partial charge in [0.1, 0.15) is 11.2 Å². The Morgan fingerprint density at radius 1 is 0.365 bits per heavy atom. The van der Waals surface area contributed by atoms with Crippen LogP contribution >= 0.6 is 0 Å². The molecule has 0 unspecified atom stereocenters. The van der Waals surface area contributed by atoms with Crippen molar-refractivity contribution in [3.8, 4) is 55.6 Å². The molecule has 1 aromatic heterocycles. The molecule has 0 bridgehead atoms. The van der Waals surface area contributed by atoms with Crippen molar-refractivity contribution in [1.29, 1.82) is 0 Å². The highest BCUT2D eigenvalue weighted by molar-refractivity contribution is 6.08. The maximum atomic E-state index is 6.46. The molecule has 1 heterocycles. The maximum Gasteiger partial charge on any atom is 0.136 e. The first kappa shape index (κ1) is 36.9. The van der Waals surface area contributed by atoms with E-state index >= 15 is 0 Å². The Kier molecular flexibility index (Phi) is 8.55. The standard InChI is InChI=1S/C61H43NO/c1-61(2)53-28-10-6-24-52(53)60-51(27-16-29-54(60)61)48-22-8-12-31-56(48)62(55-30-11-7-21-45(55)43-35-38-50-49-23-9-13-32-57(49)63-58(50)39-43)44-36-33-41(34-37-44)47-26-15-20-42-19-14-25-46(59(42)47)40-17-4-3-5-18-40/h3-39H,1-2H3. The molecular formula is C61H43NO. The summed E-state index contributed by atoms with van der Waals surface area (Å²) in [6.07, 6.45) is 0. The van der Waals surface area contributed by atoms with E-state index in [1.165, 1.54) is 66.4 Å². The Hall–Kier alpha value is -7.94. The fraction of sp³-hybridized carbons (Fsp3) is 0.0492. The fourth-order valence-electron chi connectivity index (χ4n) is 10.3. The first-order valence-electron chi connectivity index (χ1n) is 21.8. The molecular weight excluding hydrogens is 763 g/mol. The lowest BCUT2D eigenvalue weighted by atomic mass is 9.82. The van der Waals surface area contributed by atoms with Crippen molar-refractivity contribution in [3.63, 3.8) is 0 Å². The SMILES string of the molecule is CC1(C)c2ccccc2-c2c(-c3ccccc3N(c3ccc(-c4cccc5cccc(-c6ccccc6)c45)cc3)c3ccccc3-c3ccc4c(c3)oc3ccccc34)cccc21. The van der Waals surface area contributed by atoms with Crippen LogP contribution in [0.5, 0.6) is 0 Å². The van der Waals surface area contributed by atoms with E-state index in [-0.39, 0.29) is 5.41 Å². The fourth-order valence-corrected chi connectivity index (χ4v) is 10.3. The summed E-state index contributed by atoms with van der Waals surface area (Å²) >= 11 is 0. The number of rotatable bonds is 7. The average Bonchev–Trinajstić information content (AvgIpc) is 3.83. The van der Waals surface area contributed by atoms with E-state index in [4.69, 9.17) is 4.42 Å². The van der Waals surface area contributed by atoms with Gasteiger partial charge < -0.3 is 9.32 Å². The predicted molar refractivity (Wildman–Crippen MR) is 265 cm³/mol. The van der Waals surface area contributed by atoms with Crippen LogP contribution in [0.15, 0.2) is 229 Å². The van der Waals surface area contributed by atoms with Crippen LogP contribution in [-0.4, -0.2) is 0 Å². The van der Waals surface area contributed by atoms with E-state index in [1.54, 1.807) is 0 Å². The molecule has 1 aliphatic carbocycles. The molecule has 12 rings (SSSR count). The third kappa shape index (κ3) is 5.94. The van der Waals surface area contributed by atoms with Crippen LogP contribution in [0.3, 0.4) is 0 Å². The van der Waals surface area contributed by atoms with Gasteiger partial charge in [-0.25, -0.2) is 0 Å². The summed E-state index contributed by atoms with van der Waals surface area (Å²) in [6, 6.07) is 81.7. The zero-order valence-corrected chi connectivity index (χ0v) is 35.2. The lowest BCUT2D eigenvalue weighted by Crippen LogP contribution is -2.15. The van der Waals surface area contributed by atoms with Crippen molar-refractivity contribution >= 4 is 49.8 Å². The number of benzene rings is 10. The smallest absolute Gasteiger partial charge is 0.136 e. The number of hydrogen-bond acceptors (Lipinski definition) is 2. The number of para-hydroxylation sites is 3. The second-order valence-electron chi connectivity index (χ2n) is 17.2. The Bertz CT molecular complexity index is 3530. The quantitative estimate of drug-likeness (QED) is 0.160. The molecule has 0 saturated carbocycles. The molecule has 2 heteroatoms. The summed E-state index contributed by atoms with van der Waals surface area (Å²) in [5, 5.41) is 4.73. The monoisotopic (exact) mass is 805 g/mol. The van der Waals surface area contributed by atoms with Gasteiger partial charge in [-0.3, -0.25) is 0 Å². The molecule has 0 spiro atoms. The topological polar surface area (TPSA) is 16.4 Å². The highest BCUT2D eigenvalue weighted by atomic mass is 16.3. The first-order chi connectivity index (χ1) is 31.0. The van der Waals surface area contributed by atoms with E-state index < -0.39 is 0 Å². The molecule has 63 heavy (non-hydrogen) atoms. The van der Waals surface area contributed by atoms with E-state index in [0.717, 1.165) is 50.1 Å². The zero-order chi connectivity index (χ0) is 42.1. The Morgan fingerprint density at radius 3 is 1.68 bits per heavy atom. The Balaban J connectivity index is 1.07. The van der Waals surface area contributed by atoms with E-state index in [0.29, 0.717) is 0 Å². The van der Waals surface area contributed by atoms with Gasteiger partial charge in [-0.05, 0) is 109 Å². The third-order valence-electron chi connectivity index (χ3n) is 13.3. The molecule has 1 aliphatic rings. The minimum Gasteiger partial charge on any atom is -0.456 e. The van der Waals surface area contributed by atoms with Gasteiger partial charge in [-0.15, -0.1) is 0 Å². The van der Waals surface area contributed by atoms with Crippen LogP contribution < -0.4 is 4.90 Å². The lowest BCUT2D eigenvalue weighted by Gasteiger charge is -2.30. The normalized spacial score (nSPS) is 12.7. The second kappa shape index (κ2) is 14.6. The molecule has 0 atom stereocenters. The van der Waals surface area contributed by atoms with E-state index in [1.807, 2.05) is 12.1 Å². The summed E-state index contributed by atoms with van der Waals surface area (Å²) in [5.74, 6) is 0. The molecule has 0 aliphatic heterocycles. The molecule has 2 nitrogen and oxygen atoms in total. The van der Waals surface area contributed by atoms with Gasteiger partial charge in [-0.2, -0.15) is 0 Å². The molecule has 0 N–H and O–H groups in total. The van der Waals surface area contributed by atoms with Gasteiger partial charge in [0.15, 0.2) is 0 Å². The summed E-state index contributed by atoms with van der Waals surface area (Å²) in [7, 11) is 0. The average molecular weight is 806 g/mol. The minimum absolute atomic E-state index is 0.115. The predicted octanol–water partition coefficient (Wildman–Crippen LogP) is 17.2. The van der Waals surface area contributed by atoms with Crippen molar-refractivity contribution in [2.75, 3.05) is 4.90 Å². The van der Waals surface area contributed by atoms with E-state index in [9.17, 15) is 0 Å². The highest BCUT2D eigenvalue weighted by Gasteiger charge is 2.37. The summed E-state index contributed by atoms with van der Waals surface area (Å²) in [6.45, 7) is 4.71. The second-order valence-corrected chi connectivity index (χ2v) is 17.2. The molecule has 0 amide bonds. The Morgan fingerprint density at radius 2 is 0.905 bits per heavy atom. The molecule has 0 saturated heterocycles. The van der Waals surface area contributed by atoms with Gasteiger partial charge in [0, 0.05) is 33.0 Å². The van der Waals surface area contributed by atoms with E-state index in [2.05, 4.69) is 231 Å².